The highest BCUT2D eigenvalue weighted by atomic mass is 15.3. The Bertz CT molecular complexity index is 1060. The highest BCUT2D eigenvalue weighted by molar-refractivity contribution is 6.05. The van der Waals surface area contributed by atoms with Gasteiger partial charge in [-0.25, -0.2) is 0 Å². The predicted molar refractivity (Wildman–Crippen MR) is 162 cm³/mol. The van der Waals surface area contributed by atoms with Crippen LogP contribution in [0, 0.1) is 5.92 Å². The molecule has 0 aliphatic heterocycles. The Morgan fingerprint density at radius 3 is 1.31 bits per heavy atom. The molecule has 0 aliphatic carbocycles. The molecule has 4 aromatic rings. The third-order valence-electron chi connectivity index (χ3n) is 6.15. The second-order valence-electron chi connectivity index (χ2n) is 10.2. The molecule has 0 saturated carbocycles. The molecule has 0 radical (unpaired) electrons. The lowest BCUT2D eigenvalue weighted by Crippen LogP contribution is -2.29. The lowest BCUT2D eigenvalue weighted by molar-refractivity contribution is 0.219. The number of nitrogens with zero attached hydrogens (tertiary/aromatic N) is 3. The van der Waals surface area contributed by atoms with E-state index in [4.69, 9.17) is 0 Å². The first kappa shape index (κ1) is 29.5. The first-order chi connectivity index (χ1) is 17.3. The van der Waals surface area contributed by atoms with Crippen LogP contribution in [0.2, 0.25) is 0 Å². The fraction of sp³-hybridized carbons (Fsp3) is 0.394. The minimum absolute atomic E-state index is 0.806. The molecule has 0 heterocycles. The molecule has 0 spiro atoms. The maximum absolute atomic E-state index is 2.32. The van der Waals surface area contributed by atoms with Crippen LogP contribution in [0.5, 0.6) is 0 Å². The quantitative estimate of drug-likeness (QED) is 0.248. The Labute approximate surface area is 220 Å². The first-order valence-electron chi connectivity index (χ1n) is 13.2. The molecule has 0 atom stereocenters. The zero-order valence-corrected chi connectivity index (χ0v) is 23.8. The topological polar surface area (TPSA) is 9.72 Å². The van der Waals surface area contributed by atoms with Gasteiger partial charge < -0.3 is 4.90 Å². The van der Waals surface area contributed by atoms with Gasteiger partial charge >= 0.3 is 0 Å². The van der Waals surface area contributed by atoms with Crippen molar-refractivity contribution < 1.29 is 0 Å². The predicted octanol–water partition coefficient (Wildman–Crippen LogP) is 7.71. The van der Waals surface area contributed by atoms with Gasteiger partial charge in [-0.2, -0.15) is 0 Å². The van der Waals surface area contributed by atoms with Crippen LogP contribution in [0.3, 0.4) is 0 Å². The summed E-state index contributed by atoms with van der Waals surface area (Å²) in [4.78, 5) is 6.73. The highest BCUT2D eigenvalue weighted by Crippen LogP contribution is 2.33. The molecule has 0 bridgehead atoms. The van der Waals surface area contributed by atoms with E-state index in [-0.39, 0.29) is 0 Å². The van der Waals surface area contributed by atoms with Crippen molar-refractivity contribution in [3.63, 3.8) is 0 Å². The van der Waals surface area contributed by atoms with E-state index in [1.165, 1.54) is 39.2 Å². The maximum atomic E-state index is 2.32. The van der Waals surface area contributed by atoms with Crippen LogP contribution in [-0.2, 0) is 0 Å². The van der Waals surface area contributed by atoms with Crippen molar-refractivity contribution in [2.24, 2.45) is 5.92 Å². The van der Waals surface area contributed by atoms with Crippen LogP contribution in [0.1, 0.15) is 27.7 Å². The van der Waals surface area contributed by atoms with Gasteiger partial charge in [0.25, 0.3) is 0 Å². The Morgan fingerprint density at radius 2 is 0.972 bits per heavy atom. The molecule has 0 unspecified atom stereocenters. The highest BCUT2D eigenvalue weighted by Gasteiger charge is 2.06. The molecule has 0 aromatic heterocycles. The zero-order chi connectivity index (χ0) is 26.5. The van der Waals surface area contributed by atoms with Crippen molar-refractivity contribution in [2.75, 3.05) is 54.5 Å². The number of fused-ring (bicyclic) bond motifs is 2. The second kappa shape index (κ2) is 15.4. The van der Waals surface area contributed by atoms with E-state index in [0.717, 1.165) is 25.7 Å². The molecule has 0 saturated heterocycles. The monoisotopic (exact) mass is 485 g/mol. The van der Waals surface area contributed by atoms with E-state index in [0.29, 0.717) is 0 Å². The molecule has 36 heavy (non-hydrogen) atoms. The lowest BCUT2D eigenvalue weighted by atomic mass is 9.94. The van der Waals surface area contributed by atoms with Crippen LogP contribution in [0.4, 0.5) is 0 Å². The van der Waals surface area contributed by atoms with Gasteiger partial charge in [-0.3, -0.25) is 9.80 Å². The van der Waals surface area contributed by atoms with E-state index in [1.807, 2.05) is 0 Å². The summed E-state index contributed by atoms with van der Waals surface area (Å²) in [6.45, 7) is 13.4. The van der Waals surface area contributed by atoms with Crippen molar-refractivity contribution in [2.45, 2.75) is 27.7 Å². The largest absolute Gasteiger partial charge is 0.306 e. The van der Waals surface area contributed by atoms with Crippen molar-refractivity contribution >= 4 is 21.5 Å². The van der Waals surface area contributed by atoms with E-state index < -0.39 is 0 Å². The smallest absolute Gasteiger partial charge is 0.0497 e. The van der Waals surface area contributed by atoms with Gasteiger partial charge in [0.1, 0.15) is 0 Å². The average molecular weight is 486 g/mol. The molecule has 4 aromatic carbocycles. The van der Waals surface area contributed by atoms with E-state index in [1.54, 1.807) is 0 Å². The summed E-state index contributed by atoms with van der Waals surface area (Å²) in [6.07, 6.45) is 0. The van der Waals surface area contributed by atoms with Gasteiger partial charge in [0.15, 0.2) is 0 Å². The molecular formula is C33H47N3. The summed E-state index contributed by atoms with van der Waals surface area (Å²) in [5.41, 5.74) is 2.61. The van der Waals surface area contributed by atoms with Gasteiger partial charge in [-0.05, 0) is 79.9 Å². The van der Waals surface area contributed by atoms with E-state index >= 15 is 0 Å². The summed E-state index contributed by atoms with van der Waals surface area (Å²) in [6, 6.07) is 30.2. The van der Waals surface area contributed by atoms with Gasteiger partial charge in [-0.15, -0.1) is 0 Å². The van der Waals surface area contributed by atoms with Gasteiger partial charge in [0, 0.05) is 13.2 Å². The second-order valence-corrected chi connectivity index (χ2v) is 10.2. The first-order valence-corrected chi connectivity index (χ1v) is 13.2. The molecule has 0 fully saturated rings. The van der Waals surface area contributed by atoms with Gasteiger partial charge in [0.2, 0.25) is 0 Å². The molecule has 0 N–H and O–H groups in total. The SMILES string of the molecule is CCN(C)CC(C)C.CCN(C)CN(C)C.c1ccc2c(-c3cccc4ccccc34)cccc2c1. The molecule has 3 heteroatoms. The fourth-order valence-corrected chi connectivity index (χ4v) is 4.26. The Balaban J connectivity index is 0.000000239. The number of benzene rings is 4. The molecule has 4 rings (SSSR count). The van der Waals surface area contributed by atoms with Crippen LogP contribution in [0.15, 0.2) is 84.9 Å². The number of rotatable bonds is 7. The summed E-state index contributed by atoms with van der Waals surface area (Å²) in [7, 11) is 8.41. The van der Waals surface area contributed by atoms with Crippen molar-refractivity contribution in [3.8, 4) is 11.1 Å². The number of hydrogen-bond acceptors (Lipinski definition) is 3. The van der Waals surface area contributed by atoms with Crippen molar-refractivity contribution in [1.82, 2.24) is 14.7 Å². The average Bonchev–Trinajstić information content (AvgIpc) is 2.88. The third-order valence-corrected chi connectivity index (χ3v) is 6.15. The lowest BCUT2D eigenvalue weighted by Gasteiger charge is -2.18. The van der Waals surface area contributed by atoms with Crippen molar-refractivity contribution in [1.29, 1.82) is 0 Å². The minimum atomic E-state index is 0.806. The Morgan fingerprint density at radius 1 is 0.556 bits per heavy atom. The van der Waals surface area contributed by atoms with Crippen LogP contribution in [-0.4, -0.2) is 69.2 Å². The van der Waals surface area contributed by atoms with E-state index in [9.17, 15) is 0 Å². The Hall–Kier alpha value is -2.72. The van der Waals surface area contributed by atoms with Gasteiger partial charge in [-0.1, -0.05) is 113 Å². The van der Waals surface area contributed by atoms with E-state index in [2.05, 4.69) is 156 Å². The standard InChI is InChI=1S/C20H14.C7H17N.C6H16N2/c1-3-11-17-15(7-1)9-5-13-19(17)20-14-6-10-16-8-2-4-12-18(16)20;2*1-5-8(4)6-7(2)3/h1-14H;7H,5-6H2,1-4H3;5-6H2,1-4H3. The minimum Gasteiger partial charge on any atom is -0.306 e. The summed E-state index contributed by atoms with van der Waals surface area (Å²) in [5.74, 6) is 0.806. The summed E-state index contributed by atoms with van der Waals surface area (Å²) in [5, 5.41) is 5.20. The molecule has 0 amide bonds. The molecule has 3 nitrogen and oxygen atoms in total. The zero-order valence-electron chi connectivity index (χ0n) is 23.8. The number of hydrogen-bond donors (Lipinski definition) is 0. The van der Waals surface area contributed by atoms with Crippen molar-refractivity contribution in [3.05, 3.63) is 84.9 Å². The van der Waals surface area contributed by atoms with Crippen LogP contribution in [0.25, 0.3) is 32.7 Å². The molecule has 194 valence electrons. The van der Waals surface area contributed by atoms with Crippen LogP contribution < -0.4 is 0 Å². The molecule has 0 aliphatic rings. The maximum Gasteiger partial charge on any atom is 0.0497 e. The third kappa shape index (κ3) is 9.39. The molecular weight excluding hydrogens is 438 g/mol. The normalized spacial score (nSPS) is 11.1. The fourth-order valence-electron chi connectivity index (χ4n) is 4.26. The Kier molecular flexibility index (Phi) is 12.6. The summed E-state index contributed by atoms with van der Waals surface area (Å²) >= 11 is 0. The van der Waals surface area contributed by atoms with Crippen LogP contribution >= 0.6 is 0 Å². The van der Waals surface area contributed by atoms with Gasteiger partial charge in [0.05, 0.1) is 0 Å². The summed E-state index contributed by atoms with van der Waals surface area (Å²) < 4.78 is 0.